The number of aromatic nitrogens is 3. The van der Waals surface area contributed by atoms with Gasteiger partial charge in [0.05, 0.1) is 27.5 Å². The van der Waals surface area contributed by atoms with Crippen LogP contribution in [0.2, 0.25) is 0 Å². The Morgan fingerprint density at radius 2 is 2.04 bits per heavy atom. The Balaban J connectivity index is 2.10. The minimum atomic E-state index is -4.60. The van der Waals surface area contributed by atoms with Crippen molar-refractivity contribution in [1.29, 1.82) is 0 Å². The summed E-state index contributed by atoms with van der Waals surface area (Å²) in [5, 5.41) is 0.656. The molecule has 10 heteroatoms. The topological polar surface area (TPSA) is 47.8 Å². The number of hydrogen-bond acceptors (Lipinski definition) is 4. The molecule has 0 aliphatic heterocycles. The summed E-state index contributed by atoms with van der Waals surface area (Å²) in [6.45, 7) is -0.354. The highest BCUT2D eigenvalue weighted by atomic mass is 79.9. The number of alkyl halides is 3. The first kappa shape index (κ1) is 18.8. The van der Waals surface area contributed by atoms with Crippen LogP contribution in [0.3, 0.4) is 0 Å². The summed E-state index contributed by atoms with van der Waals surface area (Å²) in [5.41, 5.74) is -1.35. The molecule has 3 aromatic rings. The van der Waals surface area contributed by atoms with Crippen molar-refractivity contribution in [1.82, 2.24) is 14.5 Å². The molecule has 3 rings (SSSR count). The van der Waals surface area contributed by atoms with Crippen LogP contribution in [0.1, 0.15) is 11.1 Å². The van der Waals surface area contributed by atoms with Crippen LogP contribution in [0.4, 0.5) is 17.6 Å². The molecule has 0 bridgehead atoms. The van der Waals surface area contributed by atoms with Gasteiger partial charge in [-0.15, -0.1) is 0 Å². The Morgan fingerprint density at radius 1 is 1.31 bits per heavy atom. The van der Waals surface area contributed by atoms with Gasteiger partial charge in [-0.25, -0.2) is 14.4 Å². The molecule has 0 saturated heterocycles. The molecule has 0 N–H and O–H groups in total. The number of nitrogens with zero attached hydrogens (tertiary/aromatic N) is 3. The van der Waals surface area contributed by atoms with Crippen LogP contribution in [0.25, 0.3) is 10.9 Å². The summed E-state index contributed by atoms with van der Waals surface area (Å²) in [5.74, 6) is -0.824. The van der Waals surface area contributed by atoms with E-state index in [2.05, 4.69) is 25.9 Å². The third-order valence-electron chi connectivity index (χ3n) is 3.65. The first-order valence-corrected chi connectivity index (χ1v) is 9.18. The third-order valence-corrected chi connectivity index (χ3v) is 4.79. The molecule has 0 saturated carbocycles. The zero-order valence-corrected chi connectivity index (χ0v) is 15.5. The van der Waals surface area contributed by atoms with Gasteiger partial charge in [0.25, 0.3) is 5.56 Å². The summed E-state index contributed by atoms with van der Waals surface area (Å²) in [7, 11) is 0. The lowest BCUT2D eigenvalue weighted by Gasteiger charge is -2.12. The smallest absolute Gasteiger partial charge is 0.309 e. The van der Waals surface area contributed by atoms with Gasteiger partial charge >= 0.3 is 6.18 Å². The molecule has 26 heavy (non-hydrogen) atoms. The number of pyridine rings is 1. The Kier molecular flexibility index (Phi) is 5.07. The molecule has 0 spiro atoms. The molecule has 0 radical (unpaired) electrons. The molecule has 4 nitrogen and oxygen atoms in total. The standard InChI is InChI=1S/C16H10BrF4N3OS/c1-26-15-22-5-10-13(23-15)11(17)7-24(14(10)25)6-8-4-9(16(19,20)21)2-3-12(8)18/h2-5,7H,6H2,1H3. The number of hydrogen-bond donors (Lipinski definition) is 0. The molecule has 2 heterocycles. The van der Waals surface area contributed by atoms with E-state index < -0.39 is 23.1 Å². The molecule has 0 amide bonds. The van der Waals surface area contributed by atoms with Crippen molar-refractivity contribution in [3.8, 4) is 0 Å². The Bertz CT molecular complexity index is 1050. The van der Waals surface area contributed by atoms with E-state index in [-0.39, 0.29) is 17.5 Å². The van der Waals surface area contributed by atoms with E-state index in [0.29, 0.717) is 27.3 Å². The van der Waals surface area contributed by atoms with Crippen LogP contribution in [0, 0.1) is 5.82 Å². The van der Waals surface area contributed by atoms with Crippen molar-refractivity contribution in [2.75, 3.05) is 6.26 Å². The number of halogens is 5. The largest absolute Gasteiger partial charge is 0.416 e. The molecular weight excluding hydrogens is 438 g/mol. The van der Waals surface area contributed by atoms with E-state index >= 15 is 0 Å². The minimum Gasteiger partial charge on any atom is -0.309 e. The second-order valence-electron chi connectivity index (χ2n) is 5.33. The average molecular weight is 448 g/mol. The Labute approximate surface area is 157 Å². The number of benzene rings is 1. The second-order valence-corrected chi connectivity index (χ2v) is 6.96. The Morgan fingerprint density at radius 3 is 2.69 bits per heavy atom. The molecule has 1 aromatic carbocycles. The average Bonchev–Trinajstić information content (AvgIpc) is 2.59. The van der Waals surface area contributed by atoms with Gasteiger partial charge in [0.2, 0.25) is 0 Å². The number of thioether (sulfide) groups is 1. The van der Waals surface area contributed by atoms with E-state index in [9.17, 15) is 22.4 Å². The van der Waals surface area contributed by atoms with Crippen LogP contribution >= 0.6 is 27.7 Å². The van der Waals surface area contributed by atoms with E-state index in [1.54, 1.807) is 6.26 Å². The first-order valence-electron chi connectivity index (χ1n) is 7.16. The molecular formula is C16H10BrF4N3OS. The van der Waals surface area contributed by atoms with E-state index in [1.807, 2.05) is 0 Å². The molecule has 0 aliphatic rings. The lowest BCUT2D eigenvalue weighted by Crippen LogP contribution is -2.22. The maximum atomic E-state index is 14.0. The number of fused-ring (bicyclic) bond motifs is 1. The maximum Gasteiger partial charge on any atom is 0.416 e. The highest BCUT2D eigenvalue weighted by Gasteiger charge is 2.31. The summed E-state index contributed by atoms with van der Waals surface area (Å²) < 4.78 is 54.1. The second kappa shape index (κ2) is 6.99. The van der Waals surface area contributed by atoms with Gasteiger partial charge in [-0.1, -0.05) is 11.8 Å². The highest BCUT2D eigenvalue weighted by molar-refractivity contribution is 9.10. The third kappa shape index (κ3) is 3.61. The minimum absolute atomic E-state index is 0.185. The quantitative estimate of drug-likeness (QED) is 0.337. The predicted octanol–water partition coefficient (Wildman–Crippen LogP) is 4.48. The van der Waals surface area contributed by atoms with Crippen molar-refractivity contribution >= 4 is 38.6 Å². The van der Waals surface area contributed by atoms with Crippen LogP contribution in [0.15, 0.2) is 45.0 Å². The fraction of sp³-hybridized carbons (Fsp3) is 0.188. The predicted molar refractivity (Wildman–Crippen MR) is 93.8 cm³/mol. The SMILES string of the molecule is CSc1ncc2c(=O)n(Cc3cc(C(F)(F)F)ccc3F)cc(Br)c2n1. The first-order chi connectivity index (χ1) is 12.2. The van der Waals surface area contributed by atoms with Gasteiger partial charge < -0.3 is 4.57 Å². The zero-order valence-electron chi connectivity index (χ0n) is 13.1. The van der Waals surface area contributed by atoms with Gasteiger partial charge in [-0.05, 0) is 40.4 Å². The number of rotatable bonds is 3. The van der Waals surface area contributed by atoms with Crippen molar-refractivity contribution in [2.45, 2.75) is 17.9 Å². The molecule has 0 unspecified atom stereocenters. The van der Waals surface area contributed by atoms with Gasteiger partial charge in [0, 0.05) is 18.0 Å². The van der Waals surface area contributed by atoms with Gasteiger partial charge in [-0.2, -0.15) is 13.2 Å². The van der Waals surface area contributed by atoms with Crippen LogP contribution in [-0.2, 0) is 12.7 Å². The van der Waals surface area contributed by atoms with E-state index in [0.717, 1.165) is 10.6 Å². The molecule has 0 aliphatic carbocycles. The van der Waals surface area contributed by atoms with Gasteiger partial charge in [0.1, 0.15) is 5.82 Å². The van der Waals surface area contributed by atoms with Crippen LogP contribution < -0.4 is 5.56 Å². The maximum absolute atomic E-state index is 14.0. The summed E-state index contributed by atoms with van der Waals surface area (Å²) in [6, 6.07) is 2.11. The Hall–Kier alpha value is -1.94. The van der Waals surface area contributed by atoms with Crippen molar-refractivity contribution in [3.63, 3.8) is 0 Å². The highest BCUT2D eigenvalue weighted by Crippen LogP contribution is 2.30. The molecule has 0 fully saturated rings. The van der Waals surface area contributed by atoms with Gasteiger partial charge in [0.15, 0.2) is 5.16 Å². The van der Waals surface area contributed by atoms with Crippen LogP contribution in [-0.4, -0.2) is 20.8 Å². The lowest BCUT2D eigenvalue weighted by molar-refractivity contribution is -0.137. The summed E-state index contributed by atoms with van der Waals surface area (Å²) in [4.78, 5) is 20.9. The van der Waals surface area contributed by atoms with Gasteiger partial charge in [-0.3, -0.25) is 4.79 Å². The summed E-state index contributed by atoms with van der Waals surface area (Å²) >= 11 is 4.59. The fourth-order valence-electron chi connectivity index (χ4n) is 2.39. The molecule has 136 valence electrons. The normalized spacial score (nSPS) is 11.9. The monoisotopic (exact) mass is 447 g/mol. The van der Waals surface area contributed by atoms with E-state index in [1.165, 1.54) is 24.2 Å². The summed E-state index contributed by atoms with van der Waals surface area (Å²) in [6.07, 6.45) is -0.0894. The van der Waals surface area contributed by atoms with Crippen LogP contribution in [0.5, 0.6) is 0 Å². The molecule has 0 atom stereocenters. The van der Waals surface area contributed by atoms with Crippen molar-refractivity contribution < 1.29 is 17.6 Å². The van der Waals surface area contributed by atoms with E-state index in [4.69, 9.17) is 0 Å². The molecule has 2 aromatic heterocycles. The fourth-order valence-corrected chi connectivity index (χ4v) is 3.28. The van der Waals surface area contributed by atoms with Crippen molar-refractivity contribution in [3.05, 3.63) is 62.4 Å². The lowest BCUT2D eigenvalue weighted by atomic mass is 10.1. The zero-order chi connectivity index (χ0) is 19.1. The van der Waals surface area contributed by atoms with Crippen molar-refractivity contribution in [2.24, 2.45) is 0 Å².